The second kappa shape index (κ2) is 6.03. The minimum Gasteiger partial charge on any atom is -0.493 e. The molecule has 0 aliphatic heterocycles. The number of primary amides is 1. The molecule has 0 aromatic heterocycles. The van der Waals surface area contributed by atoms with Gasteiger partial charge in [-0.1, -0.05) is 0 Å². The summed E-state index contributed by atoms with van der Waals surface area (Å²) in [6, 6.07) is 9.84. The van der Waals surface area contributed by atoms with Crippen molar-refractivity contribution in [3.8, 4) is 29.7 Å². The third-order valence-corrected chi connectivity index (χ3v) is 4.41. The van der Waals surface area contributed by atoms with Crippen LogP contribution in [0.25, 0.3) is 0 Å². The highest BCUT2D eigenvalue weighted by molar-refractivity contribution is 6.12. The first-order chi connectivity index (χ1) is 11.9. The molecule has 2 atom stereocenters. The molecule has 0 bridgehead atoms. The first kappa shape index (κ1) is 17.6. The van der Waals surface area contributed by atoms with Crippen LogP contribution in [0.1, 0.15) is 5.56 Å². The lowest BCUT2D eigenvalue weighted by atomic mass is 9.96. The van der Waals surface area contributed by atoms with E-state index in [1.54, 1.807) is 30.3 Å². The number of benzene rings is 1. The van der Waals surface area contributed by atoms with Gasteiger partial charge < -0.3 is 21.1 Å². The molecule has 4 N–H and O–H groups in total. The molecule has 0 spiro atoms. The van der Waals surface area contributed by atoms with Gasteiger partial charge in [0.2, 0.25) is 5.91 Å². The fourth-order valence-corrected chi connectivity index (χ4v) is 3.07. The number of hydrazone groups is 1. The molecule has 1 fully saturated rings. The van der Waals surface area contributed by atoms with Crippen LogP contribution in [-0.4, -0.2) is 25.8 Å². The van der Waals surface area contributed by atoms with Crippen LogP contribution >= 0.6 is 0 Å². The van der Waals surface area contributed by atoms with Crippen molar-refractivity contribution < 1.29 is 14.3 Å². The third-order valence-electron chi connectivity index (χ3n) is 4.41. The van der Waals surface area contributed by atoms with E-state index >= 15 is 0 Å². The number of nitriles is 3. The smallest absolute Gasteiger partial charge is 0.241 e. The first-order valence-electron chi connectivity index (χ1n) is 6.97. The minimum atomic E-state index is -2.03. The maximum atomic E-state index is 11.9. The lowest BCUT2D eigenvalue weighted by molar-refractivity contribution is -0.121. The number of ether oxygens (including phenoxy) is 2. The summed E-state index contributed by atoms with van der Waals surface area (Å²) in [6.45, 7) is 0. The number of methoxy groups -OCH3 is 2. The van der Waals surface area contributed by atoms with Gasteiger partial charge in [0.15, 0.2) is 22.3 Å². The van der Waals surface area contributed by atoms with E-state index in [1.807, 2.05) is 0 Å². The van der Waals surface area contributed by atoms with Crippen molar-refractivity contribution in [2.75, 3.05) is 14.2 Å². The van der Waals surface area contributed by atoms with Crippen molar-refractivity contribution in [3.63, 3.8) is 0 Å². The Balaban J connectivity index is 2.64. The molecular formula is C16H14N6O3. The Morgan fingerprint density at radius 1 is 1.16 bits per heavy atom. The van der Waals surface area contributed by atoms with Gasteiger partial charge in [-0.05, 0) is 18.2 Å². The Labute approximate surface area is 143 Å². The summed E-state index contributed by atoms with van der Waals surface area (Å²) in [4.78, 5) is 11.9. The van der Waals surface area contributed by atoms with E-state index in [0.717, 1.165) is 0 Å². The van der Waals surface area contributed by atoms with Crippen molar-refractivity contribution in [1.82, 2.24) is 0 Å². The first-order valence-corrected chi connectivity index (χ1v) is 6.97. The fourth-order valence-electron chi connectivity index (χ4n) is 3.07. The van der Waals surface area contributed by atoms with E-state index in [-0.39, 0.29) is 5.71 Å². The summed E-state index contributed by atoms with van der Waals surface area (Å²) in [5.41, 5.74) is 1.75. The number of hydrogen-bond acceptors (Lipinski definition) is 8. The molecule has 126 valence electrons. The summed E-state index contributed by atoms with van der Waals surface area (Å²) >= 11 is 0. The van der Waals surface area contributed by atoms with Crippen molar-refractivity contribution in [2.45, 2.75) is 0 Å². The van der Waals surface area contributed by atoms with E-state index in [2.05, 4.69) is 5.10 Å². The predicted molar refractivity (Wildman–Crippen MR) is 84.7 cm³/mol. The number of nitrogens with two attached hydrogens (primary N) is 2. The van der Waals surface area contributed by atoms with Gasteiger partial charge in [0.05, 0.1) is 44.1 Å². The van der Waals surface area contributed by atoms with E-state index < -0.39 is 22.7 Å². The van der Waals surface area contributed by atoms with Crippen LogP contribution in [-0.2, 0) is 4.79 Å². The zero-order chi connectivity index (χ0) is 18.8. The van der Waals surface area contributed by atoms with E-state index in [9.17, 15) is 20.6 Å². The molecule has 0 unspecified atom stereocenters. The molecule has 2 rings (SSSR count). The second-order valence-electron chi connectivity index (χ2n) is 5.33. The maximum absolute atomic E-state index is 11.9. The molecule has 0 radical (unpaired) electrons. The minimum absolute atomic E-state index is 0.0319. The van der Waals surface area contributed by atoms with Crippen LogP contribution in [0.3, 0.4) is 0 Å². The molecule has 1 aromatic carbocycles. The number of nitrogens with zero attached hydrogens (tertiary/aromatic N) is 4. The van der Waals surface area contributed by atoms with Crippen LogP contribution in [0.15, 0.2) is 23.3 Å². The van der Waals surface area contributed by atoms with E-state index in [0.29, 0.717) is 17.1 Å². The van der Waals surface area contributed by atoms with E-state index in [4.69, 9.17) is 21.1 Å². The van der Waals surface area contributed by atoms with E-state index in [1.165, 1.54) is 20.3 Å². The van der Waals surface area contributed by atoms with Gasteiger partial charge in [0.1, 0.15) is 0 Å². The highest BCUT2D eigenvalue weighted by Crippen LogP contribution is 2.69. The third kappa shape index (κ3) is 2.05. The molecule has 9 nitrogen and oxygen atoms in total. The van der Waals surface area contributed by atoms with Crippen LogP contribution < -0.4 is 21.1 Å². The van der Waals surface area contributed by atoms with Crippen molar-refractivity contribution >= 4 is 11.6 Å². The number of amides is 1. The van der Waals surface area contributed by atoms with Gasteiger partial charge in [-0.25, -0.2) is 0 Å². The summed E-state index contributed by atoms with van der Waals surface area (Å²) in [7, 11) is 2.89. The summed E-state index contributed by atoms with van der Waals surface area (Å²) in [6.07, 6.45) is 0. The Hall–Kier alpha value is -3.77. The van der Waals surface area contributed by atoms with Gasteiger partial charge >= 0.3 is 0 Å². The van der Waals surface area contributed by atoms with Gasteiger partial charge in [0.25, 0.3) is 0 Å². The molecule has 9 heteroatoms. The van der Waals surface area contributed by atoms with Gasteiger partial charge in [-0.15, -0.1) is 0 Å². The molecule has 1 saturated carbocycles. The number of rotatable bonds is 5. The highest BCUT2D eigenvalue weighted by atomic mass is 16.5. The van der Waals surface area contributed by atoms with Crippen molar-refractivity contribution in [2.24, 2.45) is 33.4 Å². The van der Waals surface area contributed by atoms with Gasteiger partial charge in [-0.2, -0.15) is 20.9 Å². The van der Waals surface area contributed by atoms with Crippen molar-refractivity contribution in [1.29, 1.82) is 15.8 Å². The van der Waals surface area contributed by atoms with Crippen LogP contribution in [0.4, 0.5) is 0 Å². The quantitative estimate of drug-likeness (QED) is 0.432. The van der Waals surface area contributed by atoms with Crippen LogP contribution in [0, 0.1) is 50.7 Å². The summed E-state index contributed by atoms with van der Waals surface area (Å²) < 4.78 is 10.3. The summed E-state index contributed by atoms with van der Waals surface area (Å²) in [5, 5.41) is 32.0. The van der Waals surface area contributed by atoms with Crippen LogP contribution in [0.5, 0.6) is 11.5 Å². The highest BCUT2D eigenvalue weighted by Gasteiger charge is 2.85. The number of hydrogen-bond donors (Lipinski definition) is 2. The lowest BCUT2D eigenvalue weighted by Crippen LogP contribution is -2.30. The molecular weight excluding hydrogens is 324 g/mol. The Kier molecular flexibility index (Phi) is 4.24. The largest absolute Gasteiger partial charge is 0.493 e. The second-order valence-corrected chi connectivity index (χ2v) is 5.33. The molecule has 0 heterocycles. The average molecular weight is 338 g/mol. The number of carbonyl (C=O) groups excluding carboxylic acids is 1. The SMILES string of the molecule is COc1ccc(/C(=N/N)[C@@H]2C(C#N)(C#N)[C@]2(C#N)C(N)=O)cc1OC. The maximum Gasteiger partial charge on any atom is 0.241 e. The Morgan fingerprint density at radius 3 is 2.12 bits per heavy atom. The molecule has 1 aromatic rings. The Morgan fingerprint density at radius 2 is 1.76 bits per heavy atom. The molecule has 25 heavy (non-hydrogen) atoms. The van der Waals surface area contributed by atoms with Gasteiger partial charge in [0, 0.05) is 5.56 Å². The van der Waals surface area contributed by atoms with Crippen molar-refractivity contribution in [3.05, 3.63) is 23.8 Å². The molecule has 1 amide bonds. The predicted octanol–water partition coefficient (Wildman–Crippen LogP) is 0.0252. The topological polar surface area (TPSA) is 171 Å². The fraction of sp³-hybridized carbons (Fsp3) is 0.312. The molecule has 1 aliphatic carbocycles. The van der Waals surface area contributed by atoms with Crippen LogP contribution in [0.2, 0.25) is 0 Å². The number of carbonyl (C=O) groups is 1. The monoisotopic (exact) mass is 338 g/mol. The lowest BCUT2D eigenvalue weighted by Gasteiger charge is -2.11. The normalized spacial score (nSPS) is 23.5. The zero-order valence-electron chi connectivity index (χ0n) is 13.5. The standard InChI is InChI=1S/C16H14N6O3/c1-24-10-4-3-9(5-11(10)25-2)12(22-21)13-15(6-17,7-18)16(13,8-19)14(20)23/h3-5,13H,21H2,1-2H3,(H2,20,23)/b22-12-/t13-,16+/m1/s1. The Bertz CT molecular complexity index is 875. The molecule has 0 saturated heterocycles. The summed E-state index contributed by atoms with van der Waals surface area (Å²) in [5.74, 6) is 3.98. The van der Waals surface area contributed by atoms with Gasteiger partial charge in [-0.3, -0.25) is 4.79 Å². The molecule has 1 aliphatic rings. The average Bonchev–Trinajstić information content (AvgIpc) is 3.25. The zero-order valence-corrected chi connectivity index (χ0v) is 13.5.